The lowest BCUT2D eigenvalue weighted by Crippen LogP contribution is -2.41. The molecule has 1 saturated heterocycles. The number of nitrogens with one attached hydrogen (secondary N) is 1. The van der Waals surface area contributed by atoms with Crippen LogP contribution in [0.4, 0.5) is 4.39 Å². The molecule has 0 unspecified atom stereocenters. The summed E-state index contributed by atoms with van der Waals surface area (Å²) in [5.41, 5.74) is -1.47. The Morgan fingerprint density at radius 1 is 1.71 bits per heavy atom. The molecule has 2 atom stereocenters. The van der Waals surface area contributed by atoms with Crippen molar-refractivity contribution < 1.29 is 9.13 Å². The number of halogens is 1. The number of terminal acetylenes is 1. The van der Waals surface area contributed by atoms with Gasteiger partial charge in [-0.15, -0.1) is 6.42 Å². The first-order valence-corrected chi connectivity index (χ1v) is 5.54. The predicted molar refractivity (Wildman–Crippen MR) is 62.4 cm³/mol. The third kappa shape index (κ3) is 1.98. The fourth-order valence-electron chi connectivity index (χ4n) is 2.14. The second kappa shape index (κ2) is 4.34. The lowest BCUT2D eigenvalue weighted by Gasteiger charge is -2.35. The molecule has 0 saturated carbocycles. The predicted octanol–water partition coefficient (Wildman–Crippen LogP) is 1.58. The first-order valence-electron chi connectivity index (χ1n) is 5.54. The molecule has 0 spiro atoms. The van der Waals surface area contributed by atoms with E-state index in [2.05, 4.69) is 10.9 Å². The molecule has 1 aromatic heterocycles. The molecule has 0 bridgehead atoms. The van der Waals surface area contributed by atoms with Gasteiger partial charge in [0.15, 0.2) is 0 Å². The Morgan fingerprint density at radius 3 is 3.12 bits per heavy atom. The number of alkyl halides is 1. The molecule has 17 heavy (non-hydrogen) atoms. The van der Waals surface area contributed by atoms with Crippen LogP contribution in [-0.4, -0.2) is 18.2 Å². The van der Waals surface area contributed by atoms with Crippen molar-refractivity contribution in [3.8, 4) is 12.3 Å². The maximum absolute atomic E-state index is 14.9. The molecule has 0 aromatic carbocycles. The Hall–Kier alpha value is -1.60. The number of pyridine rings is 1. The van der Waals surface area contributed by atoms with Gasteiger partial charge >= 0.3 is 0 Å². The molecule has 0 amide bonds. The maximum Gasteiger partial charge on any atom is 0.254 e. The van der Waals surface area contributed by atoms with Crippen molar-refractivity contribution in [3.05, 3.63) is 33.7 Å². The van der Waals surface area contributed by atoms with E-state index in [0.29, 0.717) is 18.8 Å². The summed E-state index contributed by atoms with van der Waals surface area (Å²) in [7, 11) is 0. The van der Waals surface area contributed by atoms with E-state index in [1.54, 1.807) is 6.92 Å². The zero-order valence-corrected chi connectivity index (χ0v) is 9.63. The number of aromatic nitrogens is 1. The molecule has 1 fully saturated rings. The van der Waals surface area contributed by atoms with Crippen LogP contribution in [0.15, 0.2) is 17.1 Å². The van der Waals surface area contributed by atoms with Crippen LogP contribution in [0.5, 0.6) is 0 Å². The van der Waals surface area contributed by atoms with E-state index < -0.39 is 11.2 Å². The molecule has 4 heteroatoms. The van der Waals surface area contributed by atoms with E-state index in [4.69, 9.17) is 11.2 Å². The van der Waals surface area contributed by atoms with Gasteiger partial charge in [0.1, 0.15) is 5.67 Å². The second-order valence-corrected chi connectivity index (χ2v) is 4.36. The van der Waals surface area contributed by atoms with Crippen molar-refractivity contribution in [3.63, 3.8) is 0 Å². The summed E-state index contributed by atoms with van der Waals surface area (Å²) in [5, 5.41) is 0. The van der Waals surface area contributed by atoms with E-state index in [9.17, 15) is 9.18 Å². The Balaban J connectivity index is 2.52. The minimum absolute atomic E-state index is 0.115. The number of H-pyrrole nitrogens is 1. The van der Waals surface area contributed by atoms with Crippen molar-refractivity contribution >= 4 is 0 Å². The number of hydrogen-bond acceptors (Lipinski definition) is 2. The highest BCUT2D eigenvalue weighted by molar-refractivity contribution is 5.35. The SMILES string of the molecule is C#Cc1c[nH]c(=O)c([C@@]2(F)CCOC[C@@H]2C)c1. The molecule has 2 rings (SSSR count). The molecule has 3 nitrogen and oxygen atoms in total. The van der Waals surface area contributed by atoms with Crippen molar-refractivity contribution in [1.82, 2.24) is 4.98 Å². The molecular weight excluding hydrogens is 221 g/mol. The summed E-state index contributed by atoms with van der Waals surface area (Å²) < 4.78 is 20.1. The van der Waals surface area contributed by atoms with Gasteiger partial charge in [-0.05, 0) is 6.07 Å². The number of rotatable bonds is 1. The quantitative estimate of drug-likeness (QED) is 0.751. The monoisotopic (exact) mass is 235 g/mol. The van der Waals surface area contributed by atoms with E-state index >= 15 is 0 Å². The van der Waals surface area contributed by atoms with E-state index in [-0.39, 0.29) is 17.9 Å². The summed E-state index contributed by atoms with van der Waals surface area (Å²) >= 11 is 0. The van der Waals surface area contributed by atoms with Gasteiger partial charge in [0.05, 0.1) is 12.2 Å². The third-order valence-corrected chi connectivity index (χ3v) is 3.28. The zero-order chi connectivity index (χ0) is 12.5. The summed E-state index contributed by atoms with van der Waals surface area (Å²) in [6, 6.07) is 1.46. The van der Waals surface area contributed by atoms with Crippen molar-refractivity contribution in [2.75, 3.05) is 13.2 Å². The number of hydrogen-bond donors (Lipinski definition) is 1. The van der Waals surface area contributed by atoms with Gasteiger partial charge in [-0.1, -0.05) is 12.8 Å². The molecule has 2 heterocycles. The summed E-state index contributed by atoms with van der Waals surface area (Å²) in [4.78, 5) is 14.2. The minimum atomic E-state index is -1.65. The zero-order valence-electron chi connectivity index (χ0n) is 9.63. The fourth-order valence-corrected chi connectivity index (χ4v) is 2.14. The Labute approximate surface area is 99.0 Å². The van der Waals surface area contributed by atoms with Crippen molar-refractivity contribution in [1.29, 1.82) is 0 Å². The van der Waals surface area contributed by atoms with Crippen LogP contribution < -0.4 is 5.56 Å². The first-order chi connectivity index (χ1) is 8.08. The maximum atomic E-state index is 14.9. The van der Waals surface area contributed by atoms with Gasteiger partial charge in [-0.25, -0.2) is 4.39 Å². The van der Waals surface area contributed by atoms with Gasteiger partial charge in [-0.2, -0.15) is 0 Å². The normalized spacial score (nSPS) is 28.6. The topological polar surface area (TPSA) is 42.1 Å². The molecule has 1 aliphatic heterocycles. The smallest absolute Gasteiger partial charge is 0.254 e. The van der Waals surface area contributed by atoms with Gasteiger partial charge < -0.3 is 9.72 Å². The third-order valence-electron chi connectivity index (χ3n) is 3.28. The van der Waals surface area contributed by atoms with Crippen LogP contribution in [0.2, 0.25) is 0 Å². The highest BCUT2D eigenvalue weighted by atomic mass is 19.1. The van der Waals surface area contributed by atoms with Crippen LogP contribution in [0.3, 0.4) is 0 Å². The molecule has 1 aromatic rings. The van der Waals surface area contributed by atoms with Crippen LogP contribution >= 0.6 is 0 Å². The van der Waals surface area contributed by atoms with Crippen molar-refractivity contribution in [2.24, 2.45) is 5.92 Å². The van der Waals surface area contributed by atoms with Crippen molar-refractivity contribution in [2.45, 2.75) is 19.0 Å². The van der Waals surface area contributed by atoms with Gasteiger partial charge in [0, 0.05) is 30.7 Å². The molecule has 1 N–H and O–H groups in total. The van der Waals surface area contributed by atoms with Gasteiger partial charge in [0.25, 0.3) is 5.56 Å². The lowest BCUT2D eigenvalue weighted by atomic mass is 9.81. The van der Waals surface area contributed by atoms with Crippen LogP contribution in [0.1, 0.15) is 24.5 Å². The highest BCUT2D eigenvalue weighted by Crippen LogP contribution is 2.38. The number of aromatic amines is 1. The molecule has 0 radical (unpaired) electrons. The average Bonchev–Trinajstić information content (AvgIpc) is 2.33. The molecular formula is C13H14FNO2. The molecule has 90 valence electrons. The number of ether oxygens (including phenoxy) is 1. The molecule has 0 aliphatic carbocycles. The van der Waals surface area contributed by atoms with Gasteiger partial charge in [-0.3, -0.25) is 4.79 Å². The summed E-state index contributed by atoms with van der Waals surface area (Å²) in [5.74, 6) is 2.04. The largest absolute Gasteiger partial charge is 0.381 e. The Kier molecular flexibility index (Phi) is 3.03. The van der Waals surface area contributed by atoms with Crippen LogP contribution in [0, 0.1) is 18.3 Å². The molecule has 1 aliphatic rings. The Bertz CT molecular complexity index is 517. The summed E-state index contributed by atoms with van der Waals surface area (Å²) in [6.45, 7) is 2.37. The minimum Gasteiger partial charge on any atom is -0.381 e. The van der Waals surface area contributed by atoms with E-state index in [1.807, 2.05) is 0 Å². The van der Waals surface area contributed by atoms with Crippen LogP contribution in [-0.2, 0) is 10.4 Å². The first kappa shape index (κ1) is 11.9. The lowest BCUT2D eigenvalue weighted by molar-refractivity contribution is -0.0593. The summed E-state index contributed by atoms with van der Waals surface area (Å²) in [6.07, 6.45) is 6.86. The van der Waals surface area contributed by atoms with Crippen LogP contribution in [0.25, 0.3) is 0 Å². The highest BCUT2D eigenvalue weighted by Gasteiger charge is 2.42. The second-order valence-electron chi connectivity index (χ2n) is 4.36. The van der Waals surface area contributed by atoms with Gasteiger partial charge in [0.2, 0.25) is 0 Å². The standard InChI is InChI=1S/C13H14FNO2/c1-3-10-6-11(12(16)15-7-10)13(14)4-5-17-8-9(13)2/h1,6-7,9H,4-5,8H2,2H3,(H,15,16)/t9-,13+/m0/s1. The average molecular weight is 235 g/mol. The Morgan fingerprint density at radius 2 is 2.47 bits per heavy atom. The van der Waals surface area contributed by atoms with E-state index in [1.165, 1.54) is 12.3 Å². The fraction of sp³-hybridized carbons (Fsp3) is 0.462. The van der Waals surface area contributed by atoms with E-state index in [0.717, 1.165) is 0 Å².